The zero-order chi connectivity index (χ0) is 13.2. The Labute approximate surface area is 114 Å². The van der Waals surface area contributed by atoms with Gasteiger partial charge in [-0.05, 0) is 19.2 Å². The van der Waals surface area contributed by atoms with Gasteiger partial charge < -0.3 is 20.1 Å². The number of amides is 1. The first-order valence-electron chi connectivity index (χ1n) is 5.34. The molecule has 1 aliphatic heterocycles. The summed E-state index contributed by atoms with van der Waals surface area (Å²) in [5.41, 5.74) is 0.385. The number of ether oxygens (including phenoxy) is 2. The van der Waals surface area contributed by atoms with E-state index in [1.807, 2.05) is 0 Å². The van der Waals surface area contributed by atoms with Gasteiger partial charge in [-0.25, -0.2) is 0 Å². The van der Waals surface area contributed by atoms with Gasteiger partial charge in [0.05, 0.1) is 0 Å². The van der Waals surface area contributed by atoms with Gasteiger partial charge in [-0.15, -0.1) is 21.2 Å². The molecular formula is C11H13ClF2N2O3. The summed E-state index contributed by atoms with van der Waals surface area (Å²) in [7, 11) is 1.73. The van der Waals surface area contributed by atoms with Crippen molar-refractivity contribution >= 4 is 24.0 Å². The quantitative estimate of drug-likeness (QED) is 0.891. The second kappa shape index (κ2) is 6.03. The summed E-state index contributed by atoms with van der Waals surface area (Å²) in [6, 6.07) is 4.10. The second-order valence-corrected chi connectivity index (χ2v) is 3.73. The number of rotatable bonds is 4. The highest BCUT2D eigenvalue weighted by molar-refractivity contribution is 5.91. The molecule has 0 aliphatic carbocycles. The molecule has 1 amide bonds. The van der Waals surface area contributed by atoms with Crippen LogP contribution in [0.15, 0.2) is 18.2 Å². The highest BCUT2D eigenvalue weighted by Gasteiger charge is 2.43. The lowest BCUT2D eigenvalue weighted by Crippen LogP contribution is -2.25. The molecule has 0 saturated heterocycles. The van der Waals surface area contributed by atoms with E-state index < -0.39 is 6.29 Å². The van der Waals surface area contributed by atoms with E-state index in [1.54, 1.807) is 7.05 Å². The van der Waals surface area contributed by atoms with Crippen LogP contribution in [-0.2, 0) is 4.79 Å². The first-order valence-corrected chi connectivity index (χ1v) is 5.34. The molecule has 106 valence electrons. The zero-order valence-corrected chi connectivity index (χ0v) is 10.9. The molecule has 0 spiro atoms. The maximum atomic E-state index is 12.8. The molecule has 0 atom stereocenters. The van der Waals surface area contributed by atoms with Crippen molar-refractivity contribution in [2.24, 2.45) is 0 Å². The van der Waals surface area contributed by atoms with E-state index >= 15 is 0 Å². The summed E-state index contributed by atoms with van der Waals surface area (Å²) in [6.07, 6.45) is -3.35. The van der Waals surface area contributed by atoms with Crippen molar-refractivity contribution in [1.82, 2.24) is 5.32 Å². The molecule has 0 unspecified atom stereocenters. The molecule has 5 nitrogen and oxygen atoms in total. The van der Waals surface area contributed by atoms with Gasteiger partial charge in [-0.2, -0.15) is 0 Å². The number of hydrogen-bond donors (Lipinski definition) is 2. The van der Waals surface area contributed by atoms with Crippen LogP contribution in [0, 0.1) is 0 Å². The number of halogens is 3. The fourth-order valence-corrected chi connectivity index (χ4v) is 1.49. The number of carbonyl (C=O) groups is 1. The zero-order valence-electron chi connectivity index (χ0n) is 10.0. The number of carbonyl (C=O) groups excluding carboxylic acids is 1. The highest BCUT2D eigenvalue weighted by Crippen LogP contribution is 2.42. The third kappa shape index (κ3) is 3.93. The van der Waals surface area contributed by atoms with Crippen LogP contribution in [0.25, 0.3) is 0 Å². The lowest BCUT2D eigenvalue weighted by Gasteiger charge is -2.05. The predicted octanol–water partition coefficient (Wildman–Crippen LogP) is 1.98. The lowest BCUT2D eigenvalue weighted by atomic mass is 10.2. The van der Waals surface area contributed by atoms with Crippen LogP contribution in [0.1, 0.15) is 6.42 Å². The molecule has 1 aromatic rings. The molecule has 2 N–H and O–H groups in total. The Balaban J connectivity index is 0.00000180. The van der Waals surface area contributed by atoms with Gasteiger partial charge in [0.25, 0.3) is 0 Å². The van der Waals surface area contributed by atoms with E-state index in [4.69, 9.17) is 0 Å². The van der Waals surface area contributed by atoms with Gasteiger partial charge in [-0.3, -0.25) is 4.79 Å². The van der Waals surface area contributed by atoms with Crippen molar-refractivity contribution in [2.45, 2.75) is 12.7 Å². The average molecular weight is 295 g/mol. The van der Waals surface area contributed by atoms with Crippen LogP contribution in [0.3, 0.4) is 0 Å². The van der Waals surface area contributed by atoms with E-state index in [-0.39, 0.29) is 29.8 Å². The molecule has 0 fully saturated rings. The smallest absolute Gasteiger partial charge is 0.395 e. The Morgan fingerprint density at radius 3 is 2.68 bits per heavy atom. The van der Waals surface area contributed by atoms with Crippen LogP contribution in [0.4, 0.5) is 14.5 Å². The van der Waals surface area contributed by atoms with Crippen LogP contribution in [-0.4, -0.2) is 25.8 Å². The molecule has 1 heterocycles. The molecule has 8 heteroatoms. The lowest BCUT2D eigenvalue weighted by molar-refractivity contribution is -0.286. The number of anilines is 1. The fraction of sp³-hybridized carbons (Fsp3) is 0.364. The molecule has 0 saturated carbocycles. The second-order valence-electron chi connectivity index (χ2n) is 3.73. The minimum absolute atomic E-state index is 0. The number of nitrogens with one attached hydrogen (secondary N) is 2. The summed E-state index contributed by atoms with van der Waals surface area (Å²) in [5.74, 6) is -0.352. The Morgan fingerprint density at radius 1 is 1.32 bits per heavy atom. The van der Waals surface area contributed by atoms with Gasteiger partial charge in [0, 0.05) is 24.7 Å². The van der Waals surface area contributed by atoms with Gasteiger partial charge in [0.15, 0.2) is 11.5 Å². The Bertz CT molecular complexity index is 471. The van der Waals surface area contributed by atoms with Crippen molar-refractivity contribution in [3.8, 4) is 11.5 Å². The summed E-state index contributed by atoms with van der Waals surface area (Å²) in [6.45, 7) is 0.536. The molecule has 0 aromatic heterocycles. The molecule has 19 heavy (non-hydrogen) atoms. The SMILES string of the molecule is CNCCC(=O)Nc1ccc2c(c1)OC(F)(F)O2.Cl. The summed E-state index contributed by atoms with van der Waals surface area (Å²) < 4.78 is 34.0. The van der Waals surface area contributed by atoms with Crippen molar-refractivity contribution in [2.75, 3.05) is 18.9 Å². The summed E-state index contributed by atoms with van der Waals surface area (Å²) in [5, 5.41) is 5.41. The Morgan fingerprint density at radius 2 is 2.00 bits per heavy atom. The topological polar surface area (TPSA) is 59.6 Å². The molecular weight excluding hydrogens is 282 g/mol. The van der Waals surface area contributed by atoms with E-state index in [2.05, 4.69) is 20.1 Å². The van der Waals surface area contributed by atoms with Gasteiger partial charge in [0.2, 0.25) is 5.91 Å². The van der Waals surface area contributed by atoms with E-state index in [0.29, 0.717) is 18.7 Å². The number of hydrogen-bond acceptors (Lipinski definition) is 4. The van der Waals surface area contributed by atoms with Crippen LogP contribution in [0.5, 0.6) is 11.5 Å². The van der Waals surface area contributed by atoms with Crippen molar-refractivity contribution in [3.05, 3.63) is 18.2 Å². The first kappa shape index (κ1) is 15.5. The van der Waals surface area contributed by atoms with Crippen LogP contribution < -0.4 is 20.1 Å². The largest absolute Gasteiger partial charge is 0.586 e. The molecule has 0 bridgehead atoms. The number of fused-ring (bicyclic) bond motifs is 1. The van der Waals surface area contributed by atoms with Gasteiger partial charge >= 0.3 is 6.29 Å². The van der Waals surface area contributed by atoms with Crippen LogP contribution in [0.2, 0.25) is 0 Å². The van der Waals surface area contributed by atoms with E-state index in [1.165, 1.54) is 18.2 Å². The third-order valence-corrected chi connectivity index (χ3v) is 2.29. The number of benzene rings is 1. The van der Waals surface area contributed by atoms with Crippen molar-refractivity contribution in [3.63, 3.8) is 0 Å². The fourth-order valence-electron chi connectivity index (χ4n) is 1.49. The monoisotopic (exact) mass is 294 g/mol. The predicted molar refractivity (Wildman–Crippen MR) is 67.1 cm³/mol. The first-order chi connectivity index (χ1) is 8.50. The minimum Gasteiger partial charge on any atom is -0.395 e. The maximum absolute atomic E-state index is 12.8. The van der Waals surface area contributed by atoms with Crippen molar-refractivity contribution in [1.29, 1.82) is 0 Å². The summed E-state index contributed by atoms with van der Waals surface area (Å²) in [4.78, 5) is 11.4. The Hall–Kier alpha value is -1.60. The van der Waals surface area contributed by atoms with E-state index in [0.717, 1.165) is 0 Å². The minimum atomic E-state index is -3.64. The summed E-state index contributed by atoms with van der Waals surface area (Å²) >= 11 is 0. The Kier molecular flexibility index (Phi) is 4.90. The third-order valence-electron chi connectivity index (χ3n) is 2.29. The maximum Gasteiger partial charge on any atom is 0.586 e. The van der Waals surface area contributed by atoms with Crippen molar-refractivity contribution < 1.29 is 23.0 Å². The normalized spacial score (nSPS) is 14.7. The average Bonchev–Trinajstić information content (AvgIpc) is 2.59. The number of alkyl halides is 2. The van der Waals surface area contributed by atoms with Gasteiger partial charge in [-0.1, -0.05) is 0 Å². The highest BCUT2D eigenvalue weighted by atomic mass is 35.5. The van der Waals surface area contributed by atoms with E-state index in [9.17, 15) is 13.6 Å². The molecule has 2 rings (SSSR count). The molecule has 1 aromatic carbocycles. The van der Waals surface area contributed by atoms with Crippen LogP contribution >= 0.6 is 12.4 Å². The van der Waals surface area contributed by atoms with Gasteiger partial charge in [0.1, 0.15) is 0 Å². The standard InChI is InChI=1S/C11H12F2N2O3.ClH/c1-14-5-4-10(16)15-7-2-3-8-9(6-7)18-11(12,13)17-8;/h2-3,6,14H,4-5H2,1H3,(H,15,16);1H. The molecule has 1 aliphatic rings. The molecule has 0 radical (unpaired) electrons.